The summed E-state index contributed by atoms with van der Waals surface area (Å²) < 4.78 is 2.65. The van der Waals surface area contributed by atoms with E-state index in [0.717, 1.165) is 28.3 Å². The maximum absolute atomic E-state index is 4.49. The highest BCUT2D eigenvalue weighted by Crippen LogP contribution is 2.11. The summed E-state index contributed by atoms with van der Waals surface area (Å²) in [5.74, 6) is 0.719. The second-order valence-corrected chi connectivity index (χ2v) is 4.94. The molecule has 2 rings (SSSR count). The molecular weight excluding hydrogens is 254 g/mol. The van der Waals surface area contributed by atoms with Gasteiger partial charge >= 0.3 is 0 Å². The van der Waals surface area contributed by atoms with Crippen LogP contribution in [-0.4, -0.2) is 14.6 Å². The van der Waals surface area contributed by atoms with Crippen molar-refractivity contribution in [3.63, 3.8) is 0 Å². The first kappa shape index (κ1) is 10.6. The van der Waals surface area contributed by atoms with Gasteiger partial charge in [-0.1, -0.05) is 13.8 Å². The van der Waals surface area contributed by atoms with E-state index in [4.69, 9.17) is 0 Å². The third-order valence-corrected chi connectivity index (χ3v) is 2.71. The van der Waals surface area contributed by atoms with Gasteiger partial charge in [0.25, 0.3) is 0 Å². The summed E-state index contributed by atoms with van der Waals surface area (Å²) in [7, 11) is 0. The van der Waals surface area contributed by atoms with E-state index < -0.39 is 0 Å². The van der Waals surface area contributed by atoms with Gasteiger partial charge in [-0.2, -0.15) is 5.10 Å². The van der Waals surface area contributed by atoms with E-state index >= 15 is 0 Å². The normalized spacial score (nSPS) is 11.5. The van der Waals surface area contributed by atoms with Crippen LogP contribution in [-0.2, 0) is 6.42 Å². The van der Waals surface area contributed by atoms with E-state index in [1.54, 1.807) is 0 Å². The summed E-state index contributed by atoms with van der Waals surface area (Å²) in [4.78, 5) is 4.27. The molecule has 0 atom stereocenters. The molecule has 80 valence electrons. The van der Waals surface area contributed by atoms with Crippen molar-refractivity contribution in [3.05, 3.63) is 28.6 Å². The zero-order chi connectivity index (χ0) is 10.8. The number of hydrogen-bond acceptors (Lipinski definition) is 2. The average Bonchev–Trinajstić information content (AvgIpc) is 2.53. The lowest BCUT2D eigenvalue weighted by Crippen LogP contribution is -1.99. The number of nitrogens with zero attached hydrogens (tertiary/aromatic N) is 3. The van der Waals surface area contributed by atoms with Gasteiger partial charge in [0.1, 0.15) is 4.60 Å². The molecule has 0 aliphatic heterocycles. The smallest absolute Gasteiger partial charge is 0.154 e. The Kier molecular flexibility index (Phi) is 3.05. The quantitative estimate of drug-likeness (QED) is 0.856. The zero-order valence-electron chi connectivity index (χ0n) is 8.94. The van der Waals surface area contributed by atoms with Gasteiger partial charge in [-0.3, -0.25) is 0 Å². The summed E-state index contributed by atoms with van der Waals surface area (Å²) in [6.07, 6.45) is 4.09. The fourth-order valence-electron chi connectivity index (χ4n) is 1.46. The summed E-state index contributed by atoms with van der Waals surface area (Å²) in [6, 6.07) is 4.06. The monoisotopic (exact) mass is 267 g/mol. The molecule has 0 aliphatic rings. The Morgan fingerprint density at radius 2 is 2.20 bits per heavy atom. The number of fused-ring (bicyclic) bond motifs is 1. The van der Waals surface area contributed by atoms with Gasteiger partial charge in [-0.05, 0) is 46.8 Å². The number of aryl methyl sites for hydroxylation is 1. The molecule has 3 nitrogen and oxygen atoms in total. The highest BCUT2D eigenvalue weighted by molar-refractivity contribution is 9.10. The molecule has 0 amide bonds. The Bertz CT molecular complexity index is 462. The van der Waals surface area contributed by atoms with Crippen molar-refractivity contribution in [1.82, 2.24) is 14.6 Å². The molecule has 0 radical (unpaired) electrons. The van der Waals surface area contributed by atoms with E-state index in [-0.39, 0.29) is 0 Å². The fraction of sp³-hybridized carbons (Fsp3) is 0.455. The van der Waals surface area contributed by atoms with E-state index in [1.165, 1.54) is 6.42 Å². The topological polar surface area (TPSA) is 30.2 Å². The molecule has 2 aromatic heterocycles. The van der Waals surface area contributed by atoms with Gasteiger partial charge in [0.2, 0.25) is 0 Å². The lowest BCUT2D eigenvalue weighted by Gasteiger charge is -2.03. The summed E-state index contributed by atoms with van der Waals surface area (Å²) in [5.41, 5.74) is 2.01. The molecule has 0 fully saturated rings. The van der Waals surface area contributed by atoms with Gasteiger partial charge in [0.05, 0.1) is 11.9 Å². The van der Waals surface area contributed by atoms with Crippen molar-refractivity contribution >= 4 is 21.6 Å². The Morgan fingerprint density at radius 3 is 2.93 bits per heavy atom. The maximum Gasteiger partial charge on any atom is 0.154 e. The third kappa shape index (κ3) is 2.56. The molecule has 15 heavy (non-hydrogen) atoms. The van der Waals surface area contributed by atoms with Crippen LogP contribution >= 0.6 is 15.9 Å². The van der Waals surface area contributed by atoms with Crippen LogP contribution in [0.1, 0.15) is 26.0 Å². The van der Waals surface area contributed by atoms with Crippen molar-refractivity contribution in [2.24, 2.45) is 5.92 Å². The van der Waals surface area contributed by atoms with Crippen molar-refractivity contribution in [1.29, 1.82) is 0 Å². The molecule has 2 aromatic rings. The van der Waals surface area contributed by atoms with Crippen LogP contribution in [0.3, 0.4) is 0 Å². The summed E-state index contributed by atoms with van der Waals surface area (Å²) in [6.45, 7) is 4.46. The molecule has 0 aromatic carbocycles. The van der Waals surface area contributed by atoms with Crippen molar-refractivity contribution in [3.8, 4) is 0 Å². The van der Waals surface area contributed by atoms with Crippen LogP contribution in [0.2, 0.25) is 0 Å². The minimum absolute atomic E-state index is 0.719. The minimum Gasteiger partial charge on any atom is -0.220 e. The first-order chi connectivity index (χ1) is 7.15. The Morgan fingerprint density at radius 1 is 1.40 bits per heavy atom. The third-order valence-electron chi connectivity index (χ3n) is 2.32. The highest BCUT2D eigenvalue weighted by atomic mass is 79.9. The summed E-state index contributed by atoms with van der Waals surface area (Å²) >= 11 is 3.34. The predicted octanol–water partition coefficient (Wildman–Crippen LogP) is 3.08. The molecule has 0 N–H and O–H groups in total. The Hall–Kier alpha value is -0.900. The molecule has 4 heteroatoms. The molecule has 0 spiro atoms. The van der Waals surface area contributed by atoms with Crippen LogP contribution in [0.25, 0.3) is 5.65 Å². The molecule has 0 aliphatic carbocycles. The highest BCUT2D eigenvalue weighted by Gasteiger charge is 2.02. The van der Waals surface area contributed by atoms with E-state index in [2.05, 4.69) is 45.9 Å². The number of halogens is 1. The second kappa shape index (κ2) is 4.31. The Labute approximate surface area is 97.6 Å². The van der Waals surface area contributed by atoms with E-state index in [9.17, 15) is 0 Å². The van der Waals surface area contributed by atoms with E-state index in [1.807, 2.05) is 16.8 Å². The molecule has 0 bridgehead atoms. The molecule has 0 saturated carbocycles. The van der Waals surface area contributed by atoms with Crippen LogP contribution in [0, 0.1) is 5.92 Å². The van der Waals surface area contributed by atoms with Crippen molar-refractivity contribution in [2.75, 3.05) is 0 Å². The van der Waals surface area contributed by atoms with Gasteiger partial charge < -0.3 is 0 Å². The second-order valence-electron chi connectivity index (χ2n) is 4.12. The first-order valence-corrected chi connectivity index (χ1v) is 5.95. The minimum atomic E-state index is 0.719. The first-order valence-electron chi connectivity index (χ1n) is 5.16. The lowest BCUT2D eigenvalue weighted by atomic mass is 10.1. The van der Waals surface area contributed by atoms with Crippen LogP contribution in [0.5, 0.6) is 0 Å². The van der Waals surface area contributed by atoms with E-state index in [0.29, 0.717) is 0 Å². The molecular formula is C11H14BrN3. The average molecular weight is 268 g/mol. The summed E-state index contributed by atoms with van der Waals surface area (Å²) in [5, 5.41) is 4.49. The number of hydrogen-bond donors (Lipinski definition) is 0. The number of imidazole rings is 1. The van der Waals surface area contributed by atoms with Gasteiger partial charge in [0.15, 0.2) is 5.65 Å². The maximum atomic E-state index is 4.49. The van der Waals surface area contributed by atoms with Gasteiger partial charge in [-0.15, -0.1) is 0 Å². The van der Waals surface area contributed by atoms with Crippen LogP contribution in [0.4, 0.5) is 0 Å². The van der Waals surface area contributed by atoms with Crippen molar-refractivity contribution < 1.29 is 0 Å². The van der Waals surface area contributed by atoms with Crippen molar-refractivity contribution in [2.45, 2.75) is 26.7 Å². The molecule has 0 saturated heterocycles. The lowest BCUT2D eigenvalue weighted by molar-refractivity contribution is 0.577. The number of aromatic nitrogens is 3. The number of rotatable bonds is 3. The SMILES string of the molecule is CC(C)CCc1ccc2nc(Br)cn2n1. The van der Waals surface area contributed by atoms with Gasteiger partial charge in [-0.25, -0.2) is 9.50 Å². The van der Waals surface area contributed by atoms with Crippen LogP contribution < -0.4 is 0 Å². The standard InChI is InChI=1S/C11H14BrN3/c1-8(2)3-4-9-5-6-11-13-10(12)7-15(11)14-9/h5-8H,3-4H2,1-2H3. The van der Waals surface area contributed by atoms with Crippen LogP contribution in [0.15, 0.2) is 22.9 Å². The molecule has 2 heterocycles. The van der Waals surface area contributed by atoms with Gasteiger partial charge in [0, 0.05) is 0 Å². The predicted molar refractivity (Wildman–Crippen MR) is 63.8 cm³/mol. The Balaban J connectivity index is 2.22. The fourth-order valence-corrected chi connectivity index (χ4v) is 1.84. The molecule has 0 unspecified atom stereocenters. The zero-order valence-corrected chi connectivity index (χ0v) is 10.5. The largest absolute Gasteiger partial charge is 0.220 e.